The first-order valence-corrected chi connectivity index (χ1v) is 11.8. The van der Waals surface area contributed by atoms with Gasteiger partial charge in [0, 0.05) is 23.9 Å². The number of aliphatic hydroxyl groups is 1. The number of nitrogens with one attached hydrogen (secondary N) is 2. The summed E-state index contributed by atoms with van der Waals surface area (Å²) >= 11 is 0. The van der Waals surface area contributed by atoms with E-state index in [0.717, 1.165) is 34.5 Å². The highest BCUT2D eigenvalue weighted by atomic mass is 16.3. The lowest BCUT2D eigenvalue weighted by molar-refractivity contribution is 0.259. The molecule has 0 bridgehead atoms. The van der Waals surface area contributed by atoms with Crippen LogP contribution in [0, 0.1) is 5.92 Å². The molecular weight excluding hydrogens is 426 g/mol. The van der Waals surface area contributed by atoms with Crippen LogP contribution >= 0.6 is 0 Å². The van der Waals surface area contributed by atoms with Crippen LogP contribution in [-0.2, 0) is 6.54 Å². The molecule has 0 unspecified atom stereocenters. The summed E-state index contributed by atoms with van der Waals surface area (Å²) in [7, 11) is 0. The minimum atomic E-state index is -0.115. The molecule has 0 spiro atoms. The van der Waals surface area contributed by atoms with Crippen LogP contribution in [0.3, 0.4) is 0 Å². The Balaban J connectivity index is 1.58. The zero-order valence-electron chi connectivity index (χ0n) is 20.2. The number of aromatic nitrogens is 5. The smallest absolute Gasteiger partial charge is 0.229 e. The van der Waals surface area contributed by atoms with Crippen molar-refractivity contribution in [3.05, 3.63) is 66.0 Å². The number of rotatable bonds is 10. The van der Waals surface area contributed by atoms with Gasteiger partial charge in [-0.25, -0.2) is 0 Å². The molecule has 178 valence electrons. The standard InChI is InChI=1S/C26H33N7O/c1-17(2)12-21(16-34)30-25-31-24-22(18(3)4)15-29-33(24)26(32-25)28-14-19-10-11-23(27-13-19)20-8-6-5-7-9-20/h5-11,13,15,17-18,21,34H,12,14,16H2,1-4H3,(H2,28,30,31,32)/t21-/m1/s1. The van der Waals surface area contributed by atoms with Gasteiger partial charge in [0.15, 0.2) is 5.65 Å². The first kappa shape index (κ1) is 23.6. The monoisotopic (exact) mass is 459 g/mol. The maximum absolute atomic E-state index is 9.82. The van der Waals surface area contributed by atoms with Crippen LogP contribution in [0.2, 0.25) is 0 Å². The van der Waals surface area contributed by atoms with Gasteiger partial charge in [0.05, 0.1) is 24.5 Å². The number of hydrogen-bond donors (Lipinski definition) is 3. The Labute approximate surface area is 200 Å². The predicted molar refractivity (Wildman–Crippen MR) is 136 cm³/mol. The predicted octanol–water partition coefficient (Wildman–Crippen LogP) is 4.74. The second kappa shape index (κ2) is 10.6. The Bertz CT molecular complexity index is 1200. The van der Waals surface area contributed by atoms with Gasteiger partial charge in [-0.05, 0) is 29.9 Å². The van der Waals surface area contributed by atoms with Crippen molar-refractivity contribution in [2.45, 2.75) is 52.6 Å². The van der Waals surface area contributed by atoms with Gasteiger partial charge in [0.25, 0.3) is 0 Å². The van der Waals surface area contributed by atoms with E-state index in [4.69, 9.17) is 4.98 Å². The molecule has 0 saturated carbocycles. The van der Waals surface area contributed by atoms with Gasteiger partial charge in [-0.15, -0.1) is 0 Å². The van der Waals surface area contributed by atoms with Gasteiger partial charge in [-0.3, -0.25) is 4.98 Å². The van der Waals surface area contributed by atoms with E-state index in [1.807, 2.05) is 36.7 Å². The van der Waals surface area contributed by atoms with E-state index in [-0.39, 0.29) is 18.6 Å². The van der Waals surface area contributed by atoms with Crippen LogP contribution in [0.5, 0.6) is 0 Å². The number of nitrogens with zero attached hydrogens (tertiary/aromatic N) is 5. The highest BCUT2D eigenvalue weighted by Crippen LogP contribution is 2.23. The summed E-state index contributed by atoms with van der Waals surface area (Å²) in [5.41, 5.74) is 4.87. The van der Waals surface area contributed by atoms with Crippen molar-refractivity contribution in [1.82, 2.24) is 24.6 Å². The number of fused-ring (bicyclic) bond motifs is 1. The van der Waals surface area contributed by atoms with E-state index in [1.54, 1.807) is 4.52 Å². The Morgan fingerprint density at radius 2 is 1.76 bits per heavy atom. The number of hydrogen-bond acceptors (Lipinski definition) is 7. The van der Waals surface area contributed by atoms with Gasteiger partial charge in [-0.1, -0.05) is 64.1 Å². The minimum absolute atomic E-state index is 0.0191. The highest BCUT2D eigenvalue weighted by molar-refractivity contribution is 5.59. The van der Waals surface area contributed by atoms with Crippen molar-refractivity contribution in [2.24, 2.45) is 5.92 Å². The summed E-state index contributed by atoms with van der Waals surface area (Å²) in [6.07, 6.45) is 4.54. The van der Waals surface area contributed by atoms with E-state index in [9.17, 15) is 5.11 Å². The molecule has 0 aliphatic carbocycles. The highest BCUT2D eigenvalue weighted by Gasteiger charge is 2.17. The lowest BCUT2D eigenvalue weighted by Gasteiger charge is -2.19. The molecule has 4 rings (SSSR count). The van der Waals surface area contributed by atoms with Crippen LogP contribution < -0.4 is 10.6 Å². The van der Waals surface area contributed by atoms with Crippen LogP contribution in [0.1, 0.15) is 51.2 Å². The minimum Gasteiger partial charge on any atom is -0.394 e. The molecule has 1 atom stereocenters. The fraction of sp³-hybridized carbons (Fsp3) is 0.385. The van der Waals surface area contributed by atoms with Gasteiger partial charge >= 0.3 is 0 Å². The zero-order valence-corrected chi connectivity index (χ0v) is 20.2. The van der Waals surface area contributed by atoms with Gasteiger partial charge in [0.2, 0.25) is 11.9 Å². The van der Waals surface area contributed by atoms with Crippen molar-refractivity contribution in [3.63, 3.8) is 0 Å². The summed E-state index contributed by atoms with van der Waals surface area (Å²) in [4.78, 5) is 14.0. The second-order valence-corrected chi connectivity index (χ2v) is 9.29. The number of aliphatic hydroxyl groups excluding tert-OH is 1. The van der Waals surface area contributed by atoms with Crippen molar-refractivity contribution in [1.29, 1.82) is 0 Å². The topological polar surface area (TPSA) is 100 Å². The zero-order chi connectivity index (χ0) is 24.1. The first-order chi connectivity index (χ1) is 16.4. The van der Waals surface area contributed by atoms with Crippen molar-refractivity contribution in [2.75, 3.05) is 17.2 Å². The van der Waals surface area contributed by atoms with Gasteiger partial charge < -0.3 is 15.7 Å². The number of pyridine rings is 1. The van der Waals surface area contributed by atoms with Crippen LogP contribution in [0.15, 0.2) is 54.9 Å². The van der Waals surface area contributed by atoms with E-state index in [0.29, 0.717) is 24.4 Å². The van der Waals surface area contributed by atoms with E-state index in [2.05, 4.69) is 71.6 Å². The van der Waals surface area contributed by atoms with Gasteiger partial charge in [0.1, 0.15) is 0 Å². The van der Waals surface area contributed by atoms with Crippen molar-refractivity contribution in [3.8, 4) is 11.3 Å². The summed E-state index contributed by atoms with van der Waals surface area (Å²) in [6.45, 7) is 9.06. The average Bonchev–Trinajstić information content (AvgIpc) is 3.27. The maximum Gasteiger partial charge on any atom is 0.229 e. The molecular formula is C26H33N7O. The van der Waals surface area contributed by atoms with E-state index >= 15 is 0 Å². The number of benzene rings is 1. The second-order valence-electron chi connectivity index (χ2n) is 9.29. The van der Waals surface area contributed by atoms with E-state index in [1.165, 1.54) is 0 Å². The normalized spacial score (nSPS) is 12.4. The summed E-state index contributed by atoms with van der Waals surface area (Å²) in [5, 5.41) is 21.1. The molecule has 0 amide bonds. The molecule has 4 aromatic rings. The van der Waals surface area contributed by atoms with Gasteiger partial charge in [-0.2, -0.15) is 19.6 Å². The lowest BCUT2D eigenvalue weighted by atomic mass is 10.0. The Hall–Kier alpha value is -3.52. The summed E-state index contributed by atoms with van der Waals surface area (Å²) in [6, 6.07) is 14.1. The lowest BCUT2D eigenvalue weighted by Crippen LogP contribution is -2.27. The third kappa shape index (κ3) is 5.51. The van der Waals surface area contributed by atoms with Crippen molar-refractivity contribution < 1.29 is 5.11 Å². The molecule has 0 aliphatic rings. The molecule has 0 fully saturated rings. The molecule has 8 heteroatoms. The Kier molecular flexibility index (Phi) is 7.37. The fourth-order valence-electron chi connectivity index (χ4n) is 3.90. The summed E-state index contributed by atoms with van der Waals surface area (Å²) < 4.78 is 1.74. The van der Waals surface area contributed by atoms with E-state index < -0.39 is 0 Å². The molecule has 1 aromatic carbocycles. The molecule has 3 heterocycles. The Morgan fingerprint density at radius 1 is 0.971 bits per heavy atom. The molecule has 3 N–H and O–H groups in total. The van der Waals surface area contributed by atoms with Crippen LogP contribution in [-0.4, -0.2) is 42.3 Å². The quantitative estimate of drug-likeness (QED) is 0.315. The van der Waals surface area contributed by atoms with Crippen molar-refractivity contribution >= 4 is 17.5 Å². The molecule has 0 radical (unpaired) electrons. The SMILES string of the molecule is CC(C)C[C@H](CO)Nc1nc(NCc2ccc(-c3ccccc3)nc2)n2ncc(C(C)C)c2n1. The molecule has 34 heavy (non-hydrogen) atoms. The third-order valence-electron chi connectivity index (χ3n) is 5.67. The molecule has 8 nitrogen and oxygen atoms in total. The third-order valence-corrected chi connectivity index (χ3v) is 5.67. The summed E-state index contributed by atoms with van der Waals surface area (Å²) in [5.74, 6) is 1.79. The average molecular weight is 460 g/mol. The van der Waals surface area contributed by atoms with Crippen LogP contribution in [0.4, 0.5) is 11.9 Å². The maximum atomic E-state index is 9.82. The fourth-order valence-corrected chi connectivity index (χ4v) is 3.90. The largest absolute Gasteiger partial charge is 0.394 e. The van der Waals surface area contributed by atoms with Crippen LogP contribution in [0.25, 0.3) is 16.9 Å². The Morgan fingerprint density at radius 3 is 2.41 bits per heavy atom. The molecule has 0 aliphatic heterocycles. The number of anilines is 2. The molecule has 0 saturated heterocycles. The first-order valence-electron chi connectivity index (χ1n) is 11.8. The molecule has 3 aromatic heterocycles.